The third-order valence-corrected chi connectivity index (χ3v) is 3.67. The van der Waals surface area contributed by atoms with Crippen LogP contribution < -0.4 is 0 Å². The molecular formula is C9H16N2O2S2. The summed E-state index contributed by atoms with van der Waals surface area (Å²) in [6.07, 6.45) is -0.683. The summed E-state index contributed by atoms with van der Waals surface area (Å²) < 4.78 is 5.10. The third kappa shape index (κ3) is 4.06. The summed E-state index contributed by atoms with van der Waals surface area (Å²) in [7, 11) is 0. The van der Waals surface area contributed by atoms with E-state index in [-0.39, 0.29) is 12.0 Å². The smallest absolute Gasteiger partial charge is 0.170 e. The van der Waals surface area contributed by atoms with E-state index in [1.165, 1.54) is 23.3 Å². The van der Waals surface area contributed by atoms with E-state index in [1.54, 1.807) is 0 Å². The van der Waals surface area contributed by atoms with Crippen LogP contribution in [-0.4, -0.2) is 38.0 Å². The van der Waals surface area contributed by atoms with Crippen LogP contribution in [0, 0.1) is 0 Å². The second-order valence-electron chi connectivity index (χ2n) is 4.28. The maximum atomic E-state index is 9.17. The standard InChI is InChI=1S/C9H16N2O2S2/c1-9(2,3)7-10-8(15-11-7)14-5-6(13)4-12/h6,12-13H,4-5H2,1-3H3. The number of aliphatic hydroxyl groups excluding tert-OH is 2. The summed E-state index contributed by atoms with van der Waals surface area (Å²) >= 11 is 2.76. The lowest BCUT2D eigenvalue weighted by Gasteiger charge is -2.12. The summed E-state index contributed by atoms with van der Waals surface area (Å²) in [5, 5.41) is 17.8. The Hall–Kier alpha value is -0.170. The summed E-state index contributed by atoms with van der Waals surface area (Å²) in [5.74, 6) is 1.28. The van der Waals surface area contributed by atoms with Gasteiger partial charge in [-0.2, -0.15) is 4.37 Å². The maximum Gasteiger partial charge on any atom is 0.170 e. The van der Waals surface area contributed by atoms with Crippen LogP contribution in [0.15, 0.2) is 4.34 Å². The summed E-state index contributed by atoms with van der Waals surface area (Å²) in [6, 6.07) is 0. The predicted octanol–water partition coefficient (Wildman–Crippen LogP) is 1.28. The molecule has 0 saturated heterocycles. The van der Waals surface area contributed by atoms with Gasteiger partial charge in [0, 0.05) is 11.2 Å². The summed E-state index contributed by atoms with van der Waals surface area (Å²) in [4.78, 5) is 4.37. The van der Waals surface area contributed by atoms with E-state index in [1.807, 2.05) is 0 Å². The Labute approximate surface area is 97.9 Å². The van der Waals surface area contributed by atoms with E-state index in [4.69, 9.17) is 5.11 Å². The SMILES string of the molecule is CC(C)(C)c1nsc(SCC(O)CO)n1. The number of thioether (sulfide) groups is 1. The molecule has 1 aromatic rings. The monoisotopic (exact) mass is 248 g/mol. The molecule has 1 heterocycles. The molecule has 0 radical (unpaired) electrons. The minimum atomic E-state index is -0.683. The number of aromatic nitrogens is 2. The molecule has 0 aromatic carbocycles. The van der Waals surface area contributed by atoms with Crippen molar-refractivity contribution in [2.75, 3.05) is 12.4 Å². The van der Waals surface area contributed by atoms with Gasteiger partial charge in [0.2, 0.25) is 0 Å². The van der Waals surface area contributed by atoms with Crippen molar-refractivity contribution in [2.24, 2.45) is 0 Å². The molecule has 0 spiro atoms. The highest BCUT2D eigenvalue weighted by Gasteiger charge is 2.19. The van der Waals surface area contributed by atoms with Crippen molar-refractivity contribution in [3.05, 3.63) is 5.82 Å². The molecule has 0 aliphatic heterocycles. The zero-order chi connectivity index (χ0) is 11.5. The van der Waals surface area contributed by atoms with Gasteiger partial charge in [-0.3, -0.25) is 0 Å². The number of nitrogens with zero attached hydrogens (tertiary/aromatic N) is 2. The van der Waals surface area contributed by atoms with E-state index in [9.17, 15) is 5.11 Å². The fourth-order valence-corrected chi connectivity index (χ4v) is 2.52. The normalized spacial score (nSPS) is 14.2. The fourth-order valence-electron chi connectivity index (χ4n) is 0.793. The molecule has 0 aliphatic carbocycles. The lowest BCUT2D eigenvalue weighted by molar-refractivity contribution is 0.113. The topological polar surface area (TPSA) is 66.2 Å². The summed E-state index contributed by atoms with van der Waals surface area (Å²) in [6.45, 7) is 5.97. The van der Waals surface area contributed by atoms with Crippen LogP contribution in [0.25, 0.3) is 0 Å². The van der Waals surface area contributed by atoms with Gasteiger partial charge in [0.1, 0.15) is 5.82 Å². The van der Waals surface area contributed by atoms with Crippen molar-refractivity contribution < 1.29 is 10.2 Å². The Morgan fingerprint density at radius 1 is 1.47 bits per heavy atom. The Morgan fingerprint density at radius 2 is 2.13 bits per heavy atom. The third-order valence-electron chi connectivity index (χ3n) is 1.69. The lowest BCUT2D eigenvalue weighted by atomic mass is 9.96. The van der Waals surface area contributed by atoms with Crippen LogP contribution in [0.1, 0.15) is 26.6 Å². The number of aliphatic hydroxyl groups is 2. The average Bonchev–Trinajstić information content (AvgIpc) is 2.61. The zero-order valence-corrected chi connectivity index (χ0v) is 10.7. The Kier molecular flexibility index (Phi) is 4.51. The van der Waals surface area contributed by atoms with Crippen molar-refractivity contribution in [2.45, 2.75) is 36.6 Å². The van der Waals surface area contributed by atoms with E-state index in [2.05, 4.69) is 30.1 Å². The molecule has 0 saturated carbocycles. The van der Waals surface area contributed by atoms with Gasteiger partial charge in [-0.15, -0.1) is 0 Å². The molecule has 2 N–H and O–H groups in total. The molecule has 0 bridgehead atoms. The van der Waals surface area contributed by atoms with E-state index < -0.39 is 6.10 Å². The van der Waals surface area contributed by atoms with E-state index in [0.29, 0.717) is 5.75 Å². The number of hydrogen-bond donors (Lipinski definition) is 2. The van der Waals surface area contributed by atoms with Gasteiger partial charge in [0.25, 0.3) is 0 Å². The second-order valence-corrected chi connectivity index (χ2v) is 6.30. The van der Waals surface area contributed by atoms with Crippen molar-refractivity contribution >= 4 is 23.3 Å². The quantitative estimate of drug-likeness (QED) is 0.786. The van der Waals surface area contributed by atoms with Crippen LogP contribution in [0.2, 0.25) is 0 Å². The first-order valence-electron chi connectivity index (χ1n) is 4.69. The van der Waals surface area contributed by atoms with E-state index >= 15 is 0 Å². The van der Waals surface area contributed by atoms with Crippen LogP contribution >= 0.6 is 23.3 Å². The molecule has 15 heavy (non-hydrogen) atoms. The minimum Gasteiger partial charge on any atom is -0.394 e. The predicted molar refractivity (Wildman–Crippen MR) is 62.4 cm³/mol. The molecule has 1 unspecified atom stereocenters. The second kappa shape index (κ2) is 5.25. The van der Waals surface area contributed by atoms with Gasteiger partial charge in [0.05, 0.1) is 12.7 Å². The van der Waals surface area contributed by atoms with Crippen LogP contribution in [0.5, 0.6) is 0 Å². The highest BCUT2D eigenvalue weighted by molar-refractivity contribution is 8.00. The molecule has 0 aliphatic rings. The number of rotatable bonds is 4. The molecule has 1 aromatic heterocycles. The summed E-state index contributed by atoms with van der Waals surface area (Å²) in [5.41, 5.74) is -0.0368. The van der Waals surface area contributed by atoms with Crippen molar-refractivity contribution in [3.63, 3.8) is 0 Å². The molecule has 6 heteroatoms. The zero-order valence-electron chi connectivity index (χ0n) is 9.10. The van der Waals surface area contributed by atoms with Gasteiger partial charge in [0.15, 0.2) is 4.34 Å². The van der Waals surface area contributed by atoms with Crippen LogP contribution in [0.3, 0.4) is 0 Å². The fraction of sp³-hybridized carbons (Fsp3) is 0.778. The molecule has 1 atom stereocenters. The largest absolute Gasteiger partial charge is 0.394 e. The van der Waals surface area contributed by atoms with Crippen molar-refractivity contribution in [1.82, 2.24) is 9.36 Å². The first-order chi connectivity index (χ1) is 6.93. The van der Waals surface area contributed by atoms with Gasteiger partial charge in [-0.05, 0) is 11.5 Å². The Bertz CT molecular complexity index is 309. The van der Waals surface area contributed by atoms with Crippen molar-refractivity contribution in [3.8, 4) is 0 Å². The van der Waals surface area contributed by atoms with Crippen molar-refractivity contribution in [1.29, 1.82) is 0 Å². The molecule has 0 amide bonds. The van der Waals surface area contributed by atoms with Crippen LogP contribution in [-0.2, 0) is 5.41 Å². The Balaban J connectivity index is 2.54. The average molecular weight is 248 g/mol. The molecule has 1 rings (SSSR count). The number of hydrogen-bond acceptors (Lipinski definition) is 6. The maximum absolute atomic E-state index is 9.17. The Morgan fingerprint density at radius 3 is 2.60 bits per heavy atom. The molecular weight excluding hydrogens is 232 g/mol. The van der Waals surface area contributed by atoms with E-state index in [0.717, 1.165) is 10.2 Å². The highest BCUT2D eigenvalue weighted by Crippen LogP contribution is 2.26. The molecule has 0 fully saturated rings. The first-order valence-corrected chi connectivity index (χ1v) is 6.45. The lowest BCUT2D eigenvalue weighted by Crippen LogP contribution is -2.15. The van der Waals surface area contributed by atoms with Gasteiger partial charge < -0.3 is 10.2 Å². The highest BCUT2D eigenvalue weighted by atomic mass is 32.2. The van der Waals surface area contributed by atoms with Gasteiger partial charge in [-0.25, -0.2) is 4.98 Å². The van der Waals surface area contributed by atoms with Crippen LogP contribution in [0.4, 0.5) is 0 Å². The molecule has 86 valence electrons. The molecule has 4 nitrogen and oxygen atoms in total. The first kappa shape index (κ1) is 12.9. The van der Waals surface area contributed by atoms with Gasteiger partial charge >= 0.3 is 0 Å². The van der Waals surface area contributed by atoms with Gasteiger partial charge in [-0.1, -0.05) is 32.5 Å². The minimum absolute atomic E-state index is 0.0368.